The molecule has 0 aliphatic heterocycles. The quantitative estimate of drug-likeness (QED) is 0.717. The fraction of sp³-hybridized carbons (Fsp3) is 0.842. The fourth-order valence-electron chi connectivity index (χ4n) is 5.07. The highest BCUT2D eigenvalue weighted by molar-refractivity contribution is 5.88. The molecule has 0 aromatic carbocycles. The molecule has 2 aliphatic carbocycles. The average molecular weight is 335 g/mol. The van der Waals surface area contributed by atoms with Crippen LogP contribution in [-0.2, 0) is 19.1 Å². The molecule has 5 heteroatoms. The van der Waals surface area contributed by atoms with Gasteiger partial charge >= 0.3 is 11.9 Å². The first kappa shape index (κ1) is 18.8. The van der Waals surface area contributed by atoms with Crippen LogP contribution in [0.25, 0.3) is 0 Å². The van der Waals surface area contributed by atoms with Gasteiger partial charge in [-0.15, -0.1) is 0 Å². The number of rotatable bonds is 5. The van der Waals surface area contributed by atoms with Crippen molar-refractivity contribution >= 4 is 11.9 Å². The Kier molecular flexibility index (Phi) is 6.65. The summed E-state index contributed by atoms with van der Waals surface area (Å²) in [7, 11) is 2.66. The molecule has 0 amide bonds. The summed E-state index contributed by atoms with van der Waals surface area (Å²) < 4.78 is 10.1. The molecular formula is C19H29NO4. The van der Waals surface area contributed by atoms with E-state index in [1.807, 2.05) is 0 Å². The molecule has 1 unspecified atom stereocenters. The number of nitrogens with zero attached hydrogens (tertiary/aromatic N) is 1. The van der Waals surface area contributed by atoms with Gasteiger partial charge in [0, 0.05) is 0 Å². The van der Waals surface area contributed by atoms with Crippen molar-refractivity contribution in [1.29, 1.82) is 5.26 Å². The Bertz CT molecular complexity index is 466. The molecule has 0 saturated heterocycles. The molecular weight excluding hydrogens is 306 g/mol. The standard InChI is InChI=1S/C19H29NO4/c1-23-17(21)16(13-20)19(18(22)24-2,14-9-5-3-6-10-14)15-11-7-4-8-12-15/h14-16H,3-12H2,1-2H3. The van der Waals surface area contributed by atoms with E-state index in [4.69, 9.17) is 9.47 Å². The first-order valence-corrected chi connectivity index (χ1v) is 9.18. The SMILES string of the molecule is COC(=O)C(C#N)C(C(=O)OC)(C1CCCCC1)C1CCCCC1. The first-order chi connectivity index (χ1) is 11.6. The Morgan fingerprint density at radius 3 is 1.71 bits per heavy atom. The van der Waals surface area contributed by atoms with Gasteiger partial charge in [0.15, 0.2) is 5.92 Å². The van der Waals surface area contributed by atoms with Gasteiger partial charge in [0.1, 0.15) is 5.41 Å². The minimum Gasteiger partial charge on any atom is -0.469 e. The number of carbonyl (C=O) groups is 2. The molecule has 2 aliphatic rings. The van der Waals surface area contributed by atoms with Crippen LogP contribution in [0.3, 0.4) is 0 Å². The zero-order valence-corrected chi connectivity index (χ0v) is 14.9. The van der Waals surface area contributed by atoms with E-state index in [0.717, 1.165) is 64.2 Å². The smallest absolute Gasteiger partial charge is 0.324 e. The number of carbonyl (C=O) groups excluding carboxylic acids is 2. The van der Waals surface area contributed by atoms with E-state index in [1.54, 1.807) is 0 Å². The highest BCUT2D eigenvalue weighted by atomic mass is 16.5. The Morgan fingerprint density at radius 2 is 1.38 bits per heavy atom. The van der Waals surface area contributed by atoms with Gasteiger partial charge in [-0.25, -0.2) is 0 Å². The Balaban J connectivity index is 2.54. The van der Waals surface area contributed by atoms with Crippen molar-refractivity contribution in [2.45, 2.75) is 64.2 Å². The lowest BCUT2D eigenvalue weighted by Gasteiger charge is -2.48. The van der Waals surface area contributed by atoms with Crippen LogP contribution in [0, 0.1) is 34.5 Å². The van der Waals surface area contributed by atoms with Gasteiger partial charge in [0.25, 0.3) is 0 Å². The van der Waals surface area contributed by atoms with Crippen molar-refractivity contribution in [3.8, 4) is 6.07 Å². The van der Waals surface area contributed by atoms with Crippen LogP contribution in [-0.4, -0.2) is 26.2 Å². The molecule has 5 nitrogen and oxygen atoms in total. The topological polar surface area (TPSA) is 76.4 Å². The summed E-state index contributed by atoms with van der Waals surface area (Å²) in [5.41, 5.74) is -1.06. The summed E-state index contributed by atoms with van der Waals surface area (Å²) in [6, 6.07) is 2.13. The number of methoxy groups -OCH3 is 2. The van der Waals surface area contributed by atoms with Gasteiger partial charge in [-0.05, 0) is 37.5 Å². The third-order valence-corrected chi connectivity index (χ3v) is 6.14. The van der Waals surface area contributed by atoms with E-state index < -0.39 is 23.3 Å². The van der Waals surface area contributed by atoms with Gasteiger partial charge in [0.2, 0.25) is 0 Å². The summed E-state index contributed by atoms with van der Waals surface area (Å²) in [5.74, 6) is -2.03. The number of hydrogen-bond acceptors (Lipinski definition) is 5. The molecule has 0 radical (unpaired) electrons. The number of hydrogen-bond donors (Lipinski definition) is 0. The maximum Gasteiger partial charge on any atom is 0.324 e. The largest absolute Gasteiger partial charge is 0.469 e. The normalized spacial score (nSPS) is 21.5. The van der Waals surface area contributed by atoms with E-state index in [-0.39, 0.29) is 11.8 Å². The van der Waals surface area contributed by atoms with Crippen LogP contribution in [0.4, 0.5) is 0 Å². The van der Waals surface area contributed by atoms with Crippen LogP contribution in [0.2, 0.25) is 0 Å². The monoisotopic (exact) mass is 335 g/mol. The molecule has 0 bridgehead atoms. The summed E-state index contributed by atoms with van der Waals surface area (Å²) in [6.45, 7) is 0. The predicted molar refractivity (Wildman–Crippen MR) is 88.7 cm³/mol. The van der Waals surface area contributed by atoms with E-state index in [0.29, 0.717) is 0 Å². The first-order valence-electron chi connectivity index (χ1n) is 9.18. The van der Waals surface area contributed by atoms with E-state index in [1.165, 1.54) is 14.2 Å². The molecule has 2 rings (SSSR count). The number of ether oxygens (including phenoxy) is 2. The van der Waals surface area contributed by atoms with Crippen LogP contribution in [0.15, 0.2) is 0 Å². The zero-order chi connectivity index (χ0) is 17.6. The predicted octanol–water partition coefficient (Wildman–Crippen LogP) is 3.62. The lowest BCUT2D eigenvalue weighted by Crippen LogP contribution is -2.54. The van der Waals surface area contributed by atoms with Crippen molar-refractivity contribution in [1.82, 2.24) is 0 Å². The highest BCUT2D eigenvalue weighted by Crippen LogP contribution is 2.54. The maximum absolute atomic E-state index is 13.1. The Labute approximate surface area is 144 Å². The van der Waals surface area contributed by atoms with Gasteiger partial charge in [-0.3, -0.25) is 9.59 Å². The Morgan fingerprint density at radius 1 is 0.917 bits per heavy atom. The number of nitriles is 1. The molecule has 24 heavy (non-hydrogen) atoms. The second kappa shape index (κ2) is 8.50. The van der Waals surface area contributed by atoms with Gasteiger partial charge in [-0.2, -0.15) is 5.26 Å². The third-order valence-electron chi connectivity index (χ3n) is 6.14. The van der Waals surface area contributed by atoms with Crippen molar-refractivity contribution in [3.63, 3.8) is 0 Å². The zero-order valence-electron chi connectivity index (χ0n) is 14.9. The minimum atomic E-state index is -1.08. The lowest BCUT2D eigenvalue weighted by atomic mass is 9.53. The second-order valence-electron chi connectivity index (χ2n) is 7.18. The molecule has 0 heterocycles. The van der Waals surface area contributed by atoms with Crippen molar-refractivity contribution < 1.29 is 19.1 Å². The molecule has 2 fully saturated rings. The van der Waals surface area contributed by atoms with E-state index in [9.17, 15) is 14.9 Å². The summed E-state index contributed by atoms with van der Waals surface area (Å²) in [5, 5.41) is 9.81. The van der Waals surface area contributed by atoms with E-state index in [2.05, 4.69) is 6.07 Å². The molecule has 0 spiro atoms. The maximum atomic E-state index is 13.1. The van der Waals surface area contributed by atoms with Crippen LogP contribution in [0.1, 0.15) is 64.2 Å². The Hall–Kier alpha value is -1.57. The second-order valence-corrected chi connectivity index (χ2v) is 7.18. The third kappa shape index (κ3) is 3.29. The van der Waals surface area contributed by atoms with Crippen LogP contribution in [0.5, 0.6) is 0 Å². The molecule has 0 aromatic rings. The van der Waals surface area contributed by atoms with Gasteiger partial charge < -0.3 is 9.47 Å². The highest BCUT2D eigenvalue weighted by Gasteiger charge is 2.60. The van der Waals surface area contributed by atoms with Crippen molar-refractivity contribution in [3.05, 3.63) is 0 Å². The fourth-order valence-corrected chi connectivity index (χ4v) is 5.07. The van der Waals surface area contributed by atoms with Gasteiger partial charge in [0.05, 0.1) is 20.3 Å². The summed E-state index contributed by atoms with van der Waals surface area (Å²) >= 11 is 0. The molecule has 134 valence electrons. The van der Waals surface area contributed by atoms with E-state index >= 15 is 0 Å². The lowest BCUT2D eigenvalue weighted by molar-refractivity contribution is -0.177. The average Bonchev–Trinajstić information content (AvgIpc) is 2.66. The molecule has 1 atom stereocenters. The summed E-state index contributed by atoms with van der Waals surface area (Å²) in [4.78, 5) is 25.5. The van der Waals surface area contributed by atoms with Crippen LogP contribution >= 0.6 is 0 Å². The molecule has 2 saturated carbocycles. The van der Waals surface area contributed by atoms with Gasteiger partial charge in [-0.1, -0.05) is 38.5 Å². The minimum absolute atomic E-state index is 0.0190. The summed E-state index contributed by atoms with van der Waals surface area (Å²) in [6.07, 6.45) is 9.95. The number of esters is 2. The van der Waals surface area contributed by atoms with Crippen molar-refractivity contribution in [2.24, 2.45) is 23.2 Å². The van der Waals surface area contributed by atoms with Crippen LogP contribution < -0.4 is 0 Å². The molecule has 0 N–H and O–H groups in total. The van der Waals surface area contributed by atoms with Crippen molar-refractivity contribution in [2.75, 3.05) is 14.2 Å². The molecule has 0 aromatic heterocycles.